The third kappa shape index (κ3) is 3.48. The van der Waals surface area contributed by atoms with Gasteiger partial charge in [0, 0.05) is 50.2 Å². The van der Waals surface area contributed by atoms with Crippen LogP contribution < -0.4 is 4.90 Å². The van der Waals surface area contributed by atoms with Crippen LogP contribution in [0.4, 0.5) is 5.69 Å². The van der Waals surface area contributed by atoms with Gasteiger partial charge in [-0.1, -0.05) is 12.1 Å². The molecule has 0 atom stereocenters. The van der Waals surface area contributed by atoms with Crippen LogP contribution in [0.3, 0.4) is 0 Å². The van der Waals surface area contributed by atoms with Crippen molar-refractivity contribution in [3.8, 4) is 0 Å². The lowest BCUT2D eigenvalue weighted by Crippen LogP contribution is -2.61. The van der Waals surface area contributed by atoms with E-state index in [2.05, 4.69) is 53.1 Å². The van der Waals surface area contributed by atoms with Gasteiger partial charge in [-0.15, -0.1) is 11.3 Å². The van der Waals surface area contributed by atoms with Crippen LogP contribution in [-0.2, 0) is 6.54 Å². The smallest absolute Gasteiger partial charge is 0.273 e. The van der Waals surface area contributed by atoms with Gasteiger partial charge in [-0.25, -0.2) is 4.98 Å². The fourth-order valence-electron chi connectivity index (χ4n) is 4.05. The molecule has 0 N–H and O–H groups in total. The van der Waals surface area contributed by atoms with E-state index in [0.29, 0.717) is 11.1 Å². The highest BCUT2D eigenvalue weighted by Gasteiger charge is 2.46. The lowest BCUT2D eigenvalue weighted by Gasteiger charge is -2.53. The van der Waals surface area contributed by atoms with Crippen molar-refractivity contribution >= 4 is 22.9 Å². The number of carbonyl (C=O) groups excluding carboxylic acids is 1. The van der Waals surface area contributed by atoms with E-state index in [1.54, 1.807) is 5.51 Å². The minimum absolute atomic E-state index is 0.0975. The summed E-state index contributed by atoms with van der Waals surface area (Å²) in [6, 6.07) is 8.85. The number of thiazole rings is 1. The lowest BCUT2D eigenvalue weighted by molar-refractivity contribution is -0.0338. The molecule has 0 radical (unpaired) electrons. The van der Waals surface area contributed by atoms with Gasteiger partial charge in [-0.2, -0.15) is 0 Å². The minimum atomic E-state index is 0.0975. The van der Waals surface area contributed by atoms with Crippen molar-refractivity contribution in [1.82, 2.24) is 14.8 Å². The van der Waals surface area contributed by atoms with Crippen LogP contribution in [0.1, 0.15) is 28.9 Å². The summed E-state index contributed by atoms with van der Waals surface area (Å²) in [5.41, 5.74) is 5.29. The molecule has 2 fully saturated rings. The van der Waals surface area contributed by atoms with Gasteiger partial charge in [-0.05, 0) is 43.6 Å². The van der Waals surface area contributed by atoms with E-state index in [-0.39, 0.29) is 5.91 Å². The molecule has 138 valence electrons. The average Bonchev–Trinajstić information content (AvgIpc) is 3.15. The number of carbonyl (C=O) groups is 1. The molecule has 1 spiro atoms. The Bertz CT molecular complexity index is 741. The second kappa shape index (κ2) is 7.00. The quantitative estimate of drug-likeness (QED) is 0.830. The number of anilines is 1. The summed E-state index contributed by atoms with van der Waals surface area (Å²) in [6.45, 7) is 5.05. The van der Waals surface area contributed by atoms with Crippen molar-refractivity contribution in [2.75, 3.05) is 45.2 Å². The number of benzene rings is 1. The van der Waals surface area contributed by atoms with E-state index in [1.165, 1.54) is 35.4 Å². The molecule has 1 amide bonds. The van der Waals surface area contributed by atoms with Crippen molar-refractivity contribution in [2.45, 2.75) is 19.4 Å². The summed E-state index contributed by atoms with van der Waals surface area (Å²) in [5.74, 6) is 0.0975. The van der Waals surface area contributed by atoms with Crippen LogP contribution in [0.25, 0.3) is 0 Å². The Kier molecular flexibility index (Phi) is 4.71. The van der Waals surface area contributed by atoms with Gasteiger partial charge in [0.2, 0.25) is 0 Å². The molecule has 2 aromatic rings. The predicted octanol–water partition coefficient (Wildman–Crippen LogP) is 2.95. The van der Waals surface area contributed by atoms with E-state index < -0.39 is 0 Å². The molecule has 2 aliphatic rings. The minimum Gasteiger partial charge on any atom is -0.378 e. The van der Waals surface area contributed by atoms with Crippen LogP contribution >= 0.6 is 11.3 Å². The number of amides is 1. The van der Waals surface area contributed by atoms with Crippen molar-refractivity contribution in [2.24, 2.45) is 5.41 Å². The van der Waals surface area contributed by atoms with E-state index in [1.807, 2.05) is 10.3 Å². The Morgan fingerprint density at radius 2 is 1.88 bits per heavy atom. The van der Waals surface area contributed by atoms with Gasteiger partial charge in [0.25, 0.3) is 5.91 Å². The summed E-state index contributed by atoms with van der Waals surface area (Å²) >= 11 is 1.48. The number of hydrogen-bond donors (Lipinski definition) is 0. The maximum Gasteiger partial charge on any atom is 0.273 e. The molecule has 1 aromatic heterocycles. The zero-order valence-corrected chi connectivity index (χ0v) is 16.3. The molecule has 3 heterocycles. The van der Waals surface area contributed by atoms with Crippen molar-refractivity contribution in [3.05, 3.63) is 46.4 Å². The standard InChI is InChI=1S/C20H26N4OS/c1-22(2)17-5-3-16(4-6-17)11-23-9-7-20(8-10-23)13-24(14-20)19(25)18-12-26-15-21-18/h3-6,12,15H,7-11,13-14H2,1-2H3. The number of likely N-dealkylation sites (tertiary alicyclic amines) is 2. The number of aromatic nitrogens is 1. The first-order valence-electron chi connectivity index (χ1n) is 9.21. The monoisotopic (exact) mass is 370 g/mol. The van der Waals surface area contributed by atoms with E-state index >= 15 is 0 Å². The normalized spacial score (nSPS) is 19.4. The zero-order chi connectivity index (χ0) is 18.1. The molecule has 6 heteroatoms. The fourth-order valence-corrected chi connectivity index (χ4v) is 4.57. The topological polar surface area (TPSA) is 39.7 Å². The molecular weight excluding hydrogens is 344 g/mol. The van der Waals surface area contributed by atoms with Crippen LogP contribution in [0.5, 0.6) is 0 Å². The first-order chi connectivity index (χ1) is 12.5. The highest BCUT2D eigenvalue weighted by molar-refractivity contribution is 7.07. The third-order valence-electron chi connectivity index (χ3n) is 5.77. The van der Waals surface area contributed by atoms with Crippen LogP contribution in [0.15, 0.2) is 35.2 Å². The predicted molar refractivity (Wildman–Crippen MR) is 106 cm³/mol. The molecule has 0 bridgehead atoms. The fraction of sp³-hybridized carbons (Fsp3) is 0.500. The van der Waals surface area contributed by atoms with E-state index in [0.717, 1.165) is 32.7 Å². The maximum atomic E-state index is 12.4. The first-order valence-corrected chi connectivity index (χ1v) is 10.2. The largest absolute Gasteiger partial charge is 0.378 e. The Balaban J connectivity index is 1.26. The highest BCUT2D eigenvalue weighted by Crippen LogP contribution is 2.41. The van der Waals surface area contributed by atoms with Gasteiger partial charge in [-0.3, -0.25) is 9.69 Å². The second-order valence-electron chi connectivity index (χ2n) is 7.87. The Labute approximate surface area is 159 Å². The molecule has 26 heavy (non-hydrogen) atoms. The number of nitrogens with zero attached hydrogens (tertiary/aromatic N) is 4. The summed E-state index contributed by atoms with van der Waals surface area (Å²) in [5, 5.41) is 1.84. The van der Waals surface area contributed by atoms with Gasteiger partial charge in [0.15, 0.2) is 0 Å². The number of piperidine rings is 1. The molecule has 0 unspecified atom stereocenters. The average molecular weight is 371 g/mol. The van der Waals surface area contributed by atoms with Crippen LogP contribution in [0, 0.1) is 5.41 Å². The number of rotatable bonds is 4. The van der Waals surface area contributed by atoms with Crippen LogP contribution in [0.2, 0.25) is 0 Å². The van der Waals surface area contributed by atoms with Crippen molar-refractivity contribution in [3.63, 3.8) is 0 Å². The SMILES string of the molecule is CN(C)c1ccc(CN2CCC3(CC2)CN(C(=O)c2cscn2)C3)cc1. The van der Waals surface area contributed by atoms with E-state index in [9.17, 15) is 4.79 Å². The maximum absolute atomic E-state index is 12.4. The summed E-state index contributed by atoms with van der Waals surface area (Å²) in [4.78, 5) is 23.1. The van der Waals surface area contributed by atoms with Crippen molar-refractivity contribution in [1.29, 1.82) is 0 Å². The summed E-state index contributed by atoms with van der Waals surface area (Å²) < 4.78 is 0. The molecule has 2 aliphatic heterocycles. The van der Waals surface area contributed by atoms with Gasteiger partial charge in [0.1, 0.15) is 5.69 Å². The van der Waals surface area contributed by atoms with Gasteiger partial charge < -0.3 is 9.80 Å². The van der Waals surface area contributed by atoms with Crippen molar-refractivity contribution < 1.29 is 4.79 Å². The highest BCUT2D eigenvalue weighted by atomic mass is 32.1. The summed E-state index contributed by atoms with van der Waals surface area (Å²) in [7, 11) is 4.14. The molecule has 0 aliphatic carbocycles. The Morgan fingerprint density at radius 3 is 2.46 bits per heavy atom. The molecule has 5 nitrogen and oxygen atoms in total. The Morgan fingerprint density at radius 1 is 1.19 bits per heavy atom. The van der Waals surface area contributed by atoms with Gasteiger partial charge >= 0.3 is 0 Å². The zero-order valence-electron chi connectivity index (χ0n) is 15.5. The third-order valence-corrected chi connectivity index (χ3v) is 6.35. The lowest BCUT2D eigenvalue weighted by atomic mass is 9.72. The molecule has 1 aromatic carbocycles. The molecule has 4 rings (SSSR count). The Hall–Kier alpha value is -1.92. The second-order valence-corrected chi connectivity index (χ2v) is 8.59. The summed E-state index contributed by atoms with van der Waals surface area (Å²) in [6.07, 6.45) is 2.37. The molecule has 2 saturated heterocycles. The van der Waals surface area contributed by atoms with Crippen LogP contribution in [-0.4, -0.2) is 61.0 Å². The molecule has 0 saturated carbocycles. The molecular formula is C20H26N4OS. The van der Waals surface area contributed by atoms with Gasteiger partial charge in [0.05, 0.1) is 5.51 Å². The first kappa shape index (κ1) is 17.5. The number of hydrogen-bond acceptors (Lipinski definition) is 5. The van der Waals surface area contributed by atoms with E-state index in [4.69, 9.17) is 0 Å².